The number of carbonyl (C=O) groups is 2. The van der Waals surface area contributed by atoms with Gasteiger partial charge in [0.25, 0.3) is 0 Å². The van der Waals surface area contributed by atoms with Crippen molar-refractivity contribution >= 4 is 36.0 Å². The number of piperidine rings is 1. The lowest BCUT2D eigenvalue weighted by Crippen LogP contribution is -2.53. The highest BCUT2D eigenvalue weighted by molar-refractivity contribution is 7.99. The molecule has 2 aliphatic rings. The Labute approximate surface area is 150 Å². The minimum atomic E-state index is -0.301. The SMILES string of the molecule is CC1CC(NC(=O)C2CSCN2C(=O)CC(C)(C)C)CCN1.Cl. The van der Waals surface area contributed by atoms with Crippen molar-refractivity contribution in [3.63, 3.8) is 0 Å². The second kappa shape index (κ2) is 8.58. The topological polar surface area (TPSA) is 61.4 Å². The van der Waals surface area contributed by atoms with Crippen molar-refractivity contribution < 1.29 is 9.59 Å². The maximum atomic E-state index is 12.6. The molecule has 0 spiro atoms. The van der Waals surface area contributed by atoms with E-state index in [4.69, 9.17) is 0 Å². The molecule has 3 unspecified atom stereocenters. The third-order valence-electron chi connectivity index (χ3n) is 4.16. The quantitative estimate of drug-likeness (QED) is 0.805. The van der Waals surface area contributed by atoms with Crippen LogP contribution in [0.25, 0.3) is 0 Å². The van der Waals surface area contributed by atoms with Gasteiger partial charge in [0.1, 0.15) is 6.04 Å². The highest BCUT2D eigenvalue weighted by Crippen LogP contribution is 2.26. The summed E-state index contributed by atoms with van der Waals surface area (Å²) in [7, 11) is 0. The first-order valence-electron chi connectivity index (χ1n) is 8.17. The lowest BCUT2D eigenvalue weighted by Gasteiger charge is -2.31. The van der Waals surface area contributed by atoms with Crippen LogP contribution in [-0.4, -0.2) is 53.0 Å². The Hall–Kier alpha value is -0.460. The first-order valence-corrected chi connectivity index (χ1v) is 9.33. The molecule has 2 heterocycles. The van der Waals surface area contributed by atoms with Gasteiger partial charge in [0.05, 0.1) is 5.88 Å². The Morgan fingerprint density at radius 2 is 2.04 bits per heavy atom. The molecule has 2 amide bonds. The van der Waals surface area contributed by atoms with Gasteiger partial charge >= 0.3 is 0 Å². The fourth-order valence-electron chi connectivity index (χ4n) is 3.02. The fourth-order valence-corrected chi connectivity index (χ4v) is 4.20. The van der Waals surface area contributed by atoms with Gasteiger partial charge in [-0.05, 0) is 31.7 Å². The van der Waals surface area contributed by atoms with Gasteiger partial charge in [0.2, 0.25) is 11.8 Å². The number of halogens is 1. The maximum Gasteiger partial charge on any atom is 0.243 e. The van der Waals surface area contributed by atoms with Crippen LogP contribution in [-0.2, 0) is 9.59 Å². The van der Waals surface area contributed by atoms with Crippen LogP contribution in [0, 0.1) is 5.41 Å². The average Bonchev–Trinajstić information content (AvgIpc) is 2.85. The zero-order valence-corrected chi connectivity index (χ0v) is 16.2. The molecule has 0 aliphatic carbocycles. The summed E-state index contributed by atoms with van der Waals surface area (Å²) in [5.74, 6) is 1.46. The highest BCUT2D eigenvalue weighted by atomic mass is 35.5. The molecule has 7 heteroatoms. The molecule has 2 rings (SSSR count). The second-order valence-electron chi connectivity index (χ2n) is 7.70. The van der Waals surface area contributed by atoms with Crippen molar-refractivity contribution in [2.75, 3.05) is 18.2 Å². The zero-order valence-electron chi connectivity index (χ0n) is 14.6. The second-order valence-corrected chi connectivity index (χ2v) is 8.70. The summed E-state index contributed by atoms with van der Waals surface area (Å²) < 4.78 is 0. The van der Waals surface area contributed by atoms with Crippen molar-refractivity contribution in [1.29, 1.82) is 0 Å². The molecular weight excluding hydrogens is 334 g/mol. The van der Waals surface area contributed by atoms with E-state index in [2.05, 4.69) is 38.3 Å². The minimum absolute atomic E-state index is 0. The molecule has 0 radical (unpaired) electrons. The fraction of sp³-hybridized carbons (Fsp3) is 0.875. The van der Waals surface area contributed by atoms with Crippen LogP contribution in [0.5, 0.6) is 0 Å². The van der Waals surface area contributed by atoms with E-state index >= 15 is 0 Å². The highest BCUT2D eigenvalue weighted by Gasteiger charge is 2.36. The Balaban J connectivity index is 0.00000264. The Morgan fingerprint density at radius 3 is 2.65 bits per heavy atom. The van der Waals surface area contributed by atoms with Crippen LogP contribution in [0.15, 0.2) is 0 Å². The van der Waals surface area contributed by atoms with Crippen molar-refractivity contribution in [1.82, 2.24) is 15.5 Å². The van der Waals surface area contributed by atoms with Gasteiger partial charge in [-0.2, -0.15) is 0 Å². The van der Waals surface area contributed by atoms with Crippen molar-refractivity contribution in [2.45, 2.75) is 65.1 Å². The van der Waals surface area contributed by atoms with E-state index < -0.39 is 0 Å². The molecule has 3 atom stereocenters. The summed E-state index contributed by atoms with van der Waals surface area (Å²) in [4.78, 5) is 26.8. The maximum absolute atomic E-state index is 12.6. The van der Waals surface area contributed by atoms with Gasteiger partial charge in [0.15, 0.2) is 0 Å². The number of rotatable bonds is 3. The number of hydrogen-bond donors (Lipinski definition) is 2. The largest absolute Gasteiger partial charge is 0.351 e. The number of thioether (sulfide) groups is 1. The van der Waals surface area contributed by atoms with Crippen LogP contribution in [0.1, 0.15) is 47.0 Å². The van der Waals surface area contributed by atoms with E-state index in [9.17, 15) is 9.59 Å². The van der Waals surface area contributed by atoms with Crippen molar-refractivity contribution in [3.05, 3.63) is 0 Å². The Bertz CT molecular complexity index is 428. The molecule has 0 aromatic carbocycles. The van der Waals surface area contributed by atoms with Crippen molar-refractivity contribution in [2.24, 2.45) is 5.41 Å². The molecule has 134 valence electrons. The summed E-state index contributed by atoms with van der Waals surface area (Å²) in [5, 5.41) is 6.54. The molecule has 2 saturated heterocycles. The lowest BCUT2D eigenvalue weighted by molar-refractivity contribution is -0.139. The summed E-state index contributed by atoms with van der Waals surface area (Å²) in [5.41, 5.74) is -0.0458. The summed E-state index contributed by atoms with van der Waals surface area (Å²) >= 11 is 1.67. The zero-order chi connectivity index (χ0) is 16.3. The van der Waals surface area contributed by atoms with Gasteiger partial charge in [-0.15, -0.1) is 24.2 Å². The van der Waals surface area contributed by atoms with Gasteiger partial charge < -0.3 is 15.5 Å². The summed E-state index contributed by atoms with van der Waals surface area (Å²) in [6, 6.07) is 0.370. The molecule has 5 nitrogen and oxygen atoms in total. The first kappa shape index (κ1) is 20.6. The Kier molecular flexibility index (Phi) is 7.68. The molecule has 23 heavy (non-hydrogen) atoms. The van der Waals surface area contributed by atoms with Crippen molar-refractivity contribution in [3.8, 4) is 0 Å². The average molecular weight is 364 g/mol. The van der Waals surface area contributed by atoms with Crippen LogP contribution in [0.2, 0.25) is 0 Å². The normalized spacial score (nSPS) is 28.2. The molecule has 0 aromatic heterocycles. The third-order valence-corrected chi connectivity index (χ3v) is 5.17. The van der Waals surface area contributed by atoms with E-state index in [0.717, 1.165) is 19.4 Å². The molecular formula is C16H30ClN3O2S. The standard InChI is InChI=1S/C16H29N3O2S.ClH/c1-11-7-12(5-6-17-11)18-15(21)13-9-22-10-19(13)14(20)8-16(2,3)4;/h11-13,17H,5-10H2,1-4H3,(H,18,21);1H. The molecule has 2 fully saturated rings. The number of hydrogen-bond acceptors (Lipinski definition) is 4. The molecule has 0 bridgehead atoms. The van der Waals surface area contributed by atoms with Crippen LogP contribution < -0.4 is 10.6 Å². The predicted octanol–water partition coefficient (Wildman–Crippen LogP) is 2.00. The Morgan fingerprint density at radius 1 is 1.35 bits per heavy atom. The van der Waals surface area contributed by atoms with E-state index in [1.807, 2.05) is 0 Å². The van der Waals surface area contributed by atoms with E-state index in [1.54, 1.807) is 16.7 Å². The molecule has 0 saturated carbocycles. The van der Waals surface area contributed by atoms with E-state index in [-0.39, 0.29) is 41.7 Å². The van der Waals surface area contributed by atoms with E-state index in [0.29, 0.717) is 24.1 Å². The monoisotopic (exact) mass is 363 g/mol. The minimum Gasteiger partial charge on any atom is -0.351 e. The summed E-state index contributed by atoms with van der Waals surface area (Å²) in [6.07, 6.45) is 2.41. The smallest absolute Gasteiger partial charge is 0.243 e. The first-order chi connectivity index (χ1) is 10.3. The number of carbonyl (C=O) groups excluding carboxylic acids is 2. The summed E-state index contributed by atoms with van der Waals surface area (Å²) in [6.45, 7) is 9.25. The van der Waals surface area contributed by atoms with Gasteiger partial charge in [-0.25, -0.2) is 0 Å². The molecule has 0 aromatic rings. The number of nitrogens with zero attached hydrogens (tertiary/aromatic N) is 1. The number of amides is 2. The molecule has 2 aliphatic heterocycles. The van der Waals surface area contributed by atoms with Gasteiger partial charge in [-0.3, -0.25) is 9.59 Å². The third kappa shape index (κ3) is 6.16. The van der Waals surface area contributed by atoms with Crippen LogP contribution >= 0.6 is 24.2 Å². The van der Waals surface area contributed by atoms with Gasteiger partial charge in [0, 0.05) is 24.3 Å². The van der Waals surface area contributed by atoms with Crippen LogP contribution in [0.3, 0.4) is 0 Å². The molecule has 2 N–H and O–H groups in total. The van der Waals surface area contributed by atoms with E-state index in [1.165, 1.54) is 0 Å². The van der Waals surface area contributed by atoms with Crippen LogP contribution in [0.4, 0.5) is 0 Å². The predicted molar refractivity (Wildman–Crippen MR) is 97.9 cm³/mol. The van der Waals surface area contributed by atoms with Gasteiger partial charge in [-0.1, -0.05) is 20.8 Å². The number of nitrogens with one attached hydrogen (secondary N) is 2. The lowest BCUT2D eigenvalue weighted by atomic mass is 9.91.